The van der Waals surface area contributed by atoms with Gasteiger partial charge in [-0.15, -0.1) is 0 Å². The molecule has 0 aromatic carbocycles. The highest BCUT2D eigenvalue weighted by Crippen LogP contribution is 2.24. The van der Waals surface area contributed by atoms with Crippen LogP contribution in [0.25, 0.3) is 0 Å². The number of hydrogen-bond acceptors (Lipinski definition) is 4. The van der Waals surface area contributed by atoms with E-state index in [9.17, 15) is 4.79 Å². The molecule has 0 spiro atoms. The van der Waals surface area contributed by atoms with E-state index in [1.54, 1.807) is 6.07 Å². The summed E-state index contributed by atoms with van der Waals surface area (Å²) in [5.74, 6) is 0.752. The number of amides is 1. The monoisotopic (exact) mass is 207 g/mol. The predicted octanol–water partition coefficient (Wildman–Crippen LogP) is 0.108. The average molecular weight is 207 g/mol. The van der Waals surface area contributed by atoms with Crippen molar-refractivity contribution in [3.05, 3.63) is 18.0 Å². The molecule has 5 heteroatoms. The highest BCUT2D eigenvalue weighted by Gasteiger charge is 2.37. The normalized spacial score (nSPS) is 29.5. The number of rotatable bonds is 1. The first kappa shape index (κ1) is 8.91. The molecular weight excluding hydrogens is 194 g/mol. The molecule has 0 bridgehead atoms. The number of carbonyl (C=O) groups is 1. The fourth-order valence-electron chi connectivity index (χ4n) is 2.29. The molecule has 2 unspecified atom stereocenters. The molecule has 3 heterocycles. The third-order valence-corrected chi connectivity index (χ3v) is 3.34. The molecule has 2 atom stereocenters. The minimum Gasteiger partial charge on any atom is -0.364 e. The van der Waals surface area contributed by atoms with Crippen LogP contribution < -0.4 is 5.32 Å². The van der Waals surface area contributed by atoms with Crippen molar-refractivity contribution in [3.8, 4) is 0 Å². The lowest BCUT2D eigenvalue weighted by molar-refractivity contribution is 0.0509. The van der Waals surface area contributed by atoms with Crippen LogP contribution in [0.15, 0.2) is 16.9 Å². The molecule has 5 nitrogen and oxygen atoms in total. The van der Waals surface area contributed by atoms with Crippen LogP contribution in [0.4, 0.5) is 0 Å². The molecule has 0 saturated carbocycles. The molecule has 1 N–H and O–H groups in total. The summed E-state index contributed by atoms with van der Waals surface area (Å²) in [6.45, 7) is 2.75. The van der Waals surface area contributed by atoms with E-state index in [4.69, 9.17) is 0 Å². The maximum absolute atomic E-state index is 11.9. The Morgan fingerprint density at radius 1 is 1.67 bits per heavy atom. The lowest BCUT2D eigenvalue weighted by Crippen LogP contribution is -2.62. The lowest BCUT2D eigenvalue weighted by atomic mass is 9.85. The summed E-state index contributed by atoms with van der Waals surface area (Å²) in [6.07, 6.45) is 2.53. The van der Waals surface area contributed by atoms with E-state index in [1.165, 1.54) is 6.26 Å². The fraction of sp³-hybridized carbons (Fsp3) is 0.600. The largest absolute Gasteiger partial charge is 0.364 e. The molecule has 80 valence electrons. The van der Waals surface area contributed by atoms with Crippen LogP contribution in [0.1, 0.15) is 16.9 Å². The summed E-state index contributed by atoms with van der Waals surface area (Å²) in [7, 11) is 0. The highest BCUT2D eigenvalue weighted by atomic mass is 16.5. The SMILES string of the molecule is O=C(c1ccon1)N1CCC2CNC2C1. The molecule has 0 radical (unpaired) electrons. The number of piperidine rings is 1. The van der Waals surface area contributed by atoms with Crippen LogP contribution in [0.5, 0.6) is 0 Å². The second-order valence-corrected chi connectivity index (χ2v) is 4.20. The first-order valence-corrected chi connectivity index (χ1v) is 5.27. The minimum absolute atomic E-state index is 0.0177. The van der Waals surface area contributed by atoms with Gasteiger partial charge in [-0.2, -0.15) is 0 Å². The topological polar surface area (TPSA) is 58.4 Å². The van der Waals surface area contributed by atoms with Crippen molar-refractivity contribution in [1.29, 1.82) is 0 Å². The Morgan fingerprint density at radius 3 is 3.20 bits per heavy atom. The van der Waals surface area contributed by atoms with Gasteiger partial charge in [0.05, 0.1) is 0 Å². The van der Waals surface area contributed by atoms with E-state index in [2.05, 4.69) is 15.0 Å². The summed E-state index contributed by atoms with van der Waals surface area (Å²) >= 11 is 0. The Morgan fingerprint density at radius 2 is 2.60 bits per heavy atom. The van der Waals surface area contributed by atoms with Gasteiger partial charge in [0.2, 0.25) is 0 Å². The van der Waals surface area contributed by atoms with Crippen molar-refractivity contribution in [2.75, 3.05) is 19.6 Å². The number of likely N-dealkylation sites (tertiary alicyclic amines) is 1. The zero-order valence-electron chi connectivity index (χ0n) is 8.35. The smallest absolute Gasteiger partial charge is 0.276 e. The van der Waals surface area contributed by atoms with Gasteiger partial charge < -0.3 is 14.7 Å². The van der Waals surface area contributed by atoms with E-state index >= 15 is 0 Å². The molecule has 1 aromatic rings. The van der Waals surface area contributed by atoms with Gasteiger partial charge in [0.25, 0.3) is 5.91 Å². The van der Waals surface area contributed by atoms with Gasteiger partial charge in [-0.3, -0.25) is 4.79 Å². The first-order chi connectivity index (χ1) is 7.34. The van der Waals surface area contributed by atoms with Gasteiger partial charge in [-0.05, 0) is 18.9 Å². The van der Waals surface area contributed by atoms with E-state index < -0.39 is 0 Å². The average Bonchev–Trinajstić information content (AvgIpc) is 2.72. The van der Waals surface area contributed by atoms with E-state index in [0.717, 1.165) is 32.0 Å². The molecule has 2 saturated heterocycles. The van der Waals surface area contributed by atoms with Crippen LogP contribution in [0.2, 0.25) is 0 Å². The van der Waals surface area contributed by atoms with Gasteiger partial charge in [-0.1, -0.05) is 5.16 Å². The van der Waals surface area contributed by atoms with Gasteiger partial charge in [0, 0.05) is 25.2 Å². The summed E-state index contributed by atoms with van der Waals surface area (Å²) in [5, 5.41) is 7.01. The van der Waals surface area contributed by atoms with Crippen molar-refractivity contribution in [2.24, 2.45) is 5.92 Å². The fourth-order valence-corrected chi connectivity index (χ4v) is 2.29. The number of nitrogens with zero attached hydrogens (tertiary/aromatic N) is 2. The number of nitrogens with one attached hydrogen (secondary N) is 1. The Labute approximate surface area is 87.4 Å². The van der Waals surface area contributed by atoms with Crippen molar-refractivity contribution < 1.29 is 9.32 Å². The quantitative estimate of drug-likeness (QED) is 0.710. The maximum Gasteiger partial charge on any atom is 0.276 e. The van der Waals surface area contributed by atoms with Gasteiger partial charge >= 0.3 is 0 Å². The van der Waals surface area contributed by atoms with Crippen LogP contribution >= 0.6 is 0 Å². The van der Waals surface area contributed by atoms with Gasteiger partial charge in [0.15, 0.2) is 5.69 Å². The van der Waals surface area contributed by atoms with Crippen molar-refractivity contribution in [2.45, 2.75) is 12.5 Å². The lowest BCUT2D eigenvalue weighted by Gasteiger charge is -2.46. The maximum atomic E-state index is 11.9. The summed E-state index contributed by atoms with van der Waals surface area (Å²) in [4.78, 5) is 13.8. The van der Waals surface area contributed by atoms with Crippen molar-refractivity contribution in [3.63, 3.8) is 0 Å². The van der Waals surface area contributed by atoms with E-state index in [-0.39, 0.29) is 5.91 Å². The highest BCUT2D eigenvalue weighted by molar-refractivity contribution is 5.92. The number of hydrogen-bond donors (Lipinski definition) is 1. The Bertz CT molecular complexity index is 363. The third-order valence-electron chi connectivity index (χ3n) is 3.34. The second kappa shape index (κ2) is 3.34. The standard InChI is InChI=1S/C10H13N3O2/c14-10(8-2-4-15-12-8)13-3-1-7-5-11-9(7)6-13/h2,4,7,9,11H,1,3,5-6H2. The molecule has 1 amide bonds. The van der Waals surface area contributed by atoms with E-state index in [0.29, 0.717) is 11.7 Å². The Kier molecular flexibility index (Phi) is 1.98. The molecule has 2 fully saturated rings. The van der Waals surface area contributed by atoms with Crippen molar-refractivity contribution >= 4 is 5.91 Å². The van der Waals surface area contributed by atoms with Gasteiger partial charge in [-0.25, -0.2) is 0 Å². The van der Waals surface area contributed by atoms with Crippen LogP contribution in [-0.2, 0) is 0 Å². The van der Waals surface area contributed by atoms with Gasteiger partial charge in [0.1, 0.15) is 6.26 Å². The Balaban J connectivity index is 1.70. The first-order valence-electron chi connectivity index (χ1n) is 5.27. The summed E-state index contributed by atoms with van der Waals surface area (Å²) in [6, 6.07) is 2.11. The van der Waals surface area contributed by atoms with Crippen LogP contribution in [-0.4, -0.2) is 41.6 Å². The summed E-state index contributed by atoms with van der Waals surface area (Å²) in [5.41, 5.74) is 0.410. The number of fused-ring (bicyclic) bond motifs is 1. The molecule has 1 aromatic heterocycles. The number of carbonyl (C=O) groups excluding carboxylic acids is 1. The predicted molar refractivity (Wildman–Crippen MR) is 52.3 cm³/mol. The molecule has 15 heavy (non-hydrogen) atoms. The molecule has 2 aliphatic rings. The zero-order valence-corrected chi connectivity index (χ0v) is 8.35. The van der Waals surface area contributed by atoms with E-state index in [1.807, 2.05) is 4.90 Å². The second-order valence-electron chi connectivity index (χ2n) is 4.20. The molecule has 0 aliphatic carbocycles. The zero-order chi connectivity index (χ0) is 10.3. The van der Waals surface area contributed by atoms with Crippen molar-refractivity contribution in [1.82, 2.24) is 15.4 Å². The summed E-state index contributed by atoms with van der Waals surface area (Å²) < 4.78 is 4.68. The Hall–Kier alpha value is -1.36. The van der Waals surface area contributed by atoms with Crippen LogP contribution in [0.3, 0.4) is 0 Å². The molecular formula is C10H13N3O2. The number of aromatic nitrogens is 1. The molecule has 3 rings (SSSR count). The minimum atomic E-state index is -0.0177. The molecule has 2 aliphatic heterocycles. The third kappa shape index (κ3) is 1.43. The van der Waals surface area contributed by atoms with Crippen LogP contribution in [0, 0.1) is 5.92 Å².